The summed E-state index contributed by atoms with van der Waals surface area (Å²) in [6, 6.07) is 7.23. The van der Waals surface area contributed by atoms with Crippen LogP contribution in [0.5, 0.6) is 5.75 Å². The number of para-hydroxylation sites is 1. The van der Waals surface area contributed by atoms with Crippen molar-refractivity contribution in [3.05, 3.63) is 29.8 Å². The van der Waals surface area contributed by atoms with Crippen LogP contribution < -0.4 is 10.1 Å². The molecule has 1 aromatic carbocycles. The highest BCUT2D eigenvalue weighted by Gasteiger charge is 2.36. The summed E-state index contributed by atoms with van der Waals surface area (Å²) in [6.07, 6.45) is 3.11. The molecule has 2 heterocycles. The third-order valence-electron chi connectivity index (χ3n) is 4.15. The van der Waals surface area contributed by atoms with E-state index in [0.717, 1.165) is 30.4 Å². The first-order valence-corrected chi connectivity index (χ1v) is 9.29. The number of ether oxygens (including phenoxy) is 1. The number of carbonyl (C=O) groups excluding carboxylic acids is 1. The lowest BCUT2D eigenvalue weighted by molar-refractivity contribution is -0.124. The number of rotatable bonds is 4. The van der Waals surface area contributed by atoms with Crippen LogP contribution in [0.3, 0.4) is 0 Å². The van der Waals surface area contributed by atoms with Gasteiger partial charge < -0.3 is 10.1 Å². The van der Waals surface area contributed by atoms with E-state index in [9.17, 15) is 13.2 Å². The molecule has 0 bridgehead atoms. The van der Waals surface area contributed by atoms with Crippen LogP contribution in [0.2, 0.25) is 0 Å². The van der Waals surface area contributed by atoms with Gasteiger partial charge in [-0.15, -0.1) is 0 Å². The maximum absolute atomic E-state index is 12.3. The predicted molar refractivity (Wildman–Crippen MR) is 82.1 cm³/mol. The molecule has 22 heavy (non-hydrogen) atoms. The van der Waals surface area contributed by atoms with Gasteiger partial charge in [-0.1, -0.05) is 18.2 Å². The van der Waals surface area contributed by atoms with Crippen LogP contribution in [-0.4, -0.2) is 50.1 Å². The predicted octanol–water partition coefficient (Wildman–Crippen LogP) is 0.530. The van der Waals surface area contributed by atoms with Gasteiger partial charge in [0.2, 0.25) is 15.9 Å². The van der Waals surface area contributed by atoms with E-state index < -0.39 is 16.1 Å². The first kappa shape index (κ1) is 15.3. The Labute approximate surface area is 130 Å². The average molecular weight is 324 g/mol. The zero-order valence-electron chi connectivity index (χ0n) is 12.5. The maximum atomic E-state index is 12.3. The van der Waals surface area contributed by atoms with E-state index in [1.54, 1.807) is 0 Å². The van der Waals surface area contributed by atoms with E-state index in [2.05, 4.69) is 5.32 Å². The van der Waals surface area contributed by atoms with E-state index in [4.69, 9.17) is 4.74 Å². The molecule has 120 valence electrons. The van der Waals surface area contributed by atoms with Gasteiger partial charge in [0.05, 0.1) is 12.8 Å². The van der Waals surface area contributed by atoms with E-state index in [1.165, 1.54) is 4.31 Å². The molecule has 6 nitrogen and oxygen atoms in total. The zero-order chi connectivity index (χ0) is 15.7. The Bertz CT molecular complexity index is 649. The monoisotopic (exact) mass is 324 g/mol. The molecule has 0 radical (unpaired) electrons. The van der Waals surface area contributed by atoms with Crippen LogP contribution in [0.4, 0.5) is 0 Å². The van der Waals surface area contributed by atoms with Gasteiger partial charge in [0, 0.05) is 13.0 Å². The third kappa shape index (κ3) is 3.10. The number of benzene rings is 1. The van der Waals surface area contributed by atoms with Crippen molar-refractivity contribution in [2.45, 2.75) is 31.4 Å². The van der Waals surface area contributed by atoms with Gasteiger partial charge in [-0.2, -0.15) is 4.31 Å². The van der Waals surface area contributed by atoms with Crippen LogP contribution in [0.15, 0.2) is 24.3 Å². The minimum atomic E-state index is -3.34. The molecule has 2 atom stereocenters. The Morgan fingerprint density at radius 2 is 2.18 bits per heavy atom. The van der Waals surface area contributed by atoms with Gasteiger partial charge >= 0.3 is 0 Å². The number of nitrogens with zero attached hydrogens (tertiary/aromatic N) is 1. The van der Waals surface area contributed by atoms with E-state index in [-0.39, 0.29) is 12.0 Å². The van der Waals surface area contributed by atoms with Crippen molar-refractivity contribution in [1.29, 1.82) is 0 Å². The molecule has 1 aromatic rings. The highest BCUT2D eigenvalue weighted by Crippen LogP contribution is 2.28. The van der Waals surface area contributed by atoms with Crippen molar-refractivity contribution in [3.8, 4) is 5.75 Å². The number of carbonyl (C=O) groups is 1. The van der Waals surface area contributed by atoms with Crippen molar-refractivity contribution >= 4 is 15.9 Å². The SMILES string of the molecule is CS(=O)(=O)N1CCC[C@@H]1C(=O)NC[C@@H]1Cc2ccccc2O1. The van der Waals surface area contributed by atoms with E-state index in [0.29, 0.717) is 19.5 Å². The number of fused-ring (bicyclic) bond motifs is 1. The van der Waals surface area contributed by atoms with E-state index in [1.807, 2.05) is 24.3 Å². The fraction of sp³-hybridized carbons (Fsp3) is 0.533. The summed E-state index contributed by atoms with van der Waals surface area (Å²) in [6.45, 7) is 0.809. The number of sulfonamides is 1. The van der Waals surface area contributed by atoms with Gasteiger partial charge in [-0.3, -0.25) is 4.79 Å². The largest absolute Gasteiger partial charge is 0.488 e. The van der Waals surface area contributed by atoms with Crippen LogP contribution >= 0.6 is 0 Å². The summed E-state index contributed by atoms with van der Waals surface area (Å²) >= 11 is 0. The molecule has 0 spiro atoms. The molecule has 0 aromatic heterocycles. The number of hydrogen-bond donors (Lipinski definition) is 1. The lowest BCUT2D eigenvalue weighted by atomic mass is 10.1. The molecule has 0 aliphatic carbocycles. The Morgan fingerprint density at radius 1 is 1.41 bits per heavy atom. The minimum Gasteiger partial charge on any atom is -0.488 e. The second-order valence-corrected chi connectivity index (χ2v) is 7.76. The lowest BCUT2D eigenvalue weighted by Crippen LogP contribution is -2.47. The Balaban J connectivity index is 1.55. The van der Waals surface area contributed by atoms with Crippen LogP contribution in [0.1, 0.15) is 18.4 Å². The molecule has 1 amide bonds. The molecular formula is C15H20N2O4S. The van der Waals surface area contributed by atoms with Crippen LogP contribution in [-0.2, 0) is 21.2 Å². The smallest absolute Gasteiger partial charge is 0.238 e. The molecule has 1 saturated heterocycles. The highest BCUT2D eigenvalue weighted by molar-refractivity contribution is 7.88. The van der Waals surface area contributed by atoms with Gasteiger partial charge in [0.15, 0.2) is 0 Å². The summed E-state index contributed by atoms with van der Waals surface area (Å²) in [5.74, 6) is 0.628. The Kier molecular flexibility index (Phi) is 4.10. The van der Waals surface area contributed by atoms with Crippen LogP contribution in [0, 0.1) is 0 Å². The molecule has 2 aliphatic heterocycles. The lowest BCUT2D eigenvalue weighted by Gasteiger charge is -2.22. The molecule has 0 unspecified atom stereocenters. The second-order valence-electron chi connectivity index (χ2n) is 5.83. The van der Waals surface area contributed by atoms with Crippen molar-refractivity contribution in [1.82, 2.24) is 9.62 Å². The number of amides is 1. The summed E-state index contributed by atoms with van der Waals surface area (Å²) < 4.78 is 30.4. The Hall–Kier alpha value is -1.60. The first-order valence-electron chi connectivity index (χ1n) is 7.44. The molecule has 1 N–H and O–H groups in total. The standard InChI is InChI=1S/C15H20N2O4S/c1-22(19,20)17-8-4-6-13(17)15(18)16-10-12-9-11-5-2-3-7-14(11)21-12/h2-3,5,7,12-13H,4,6,8-10H2,1H3,(H,16,18)/t12-,13+/m0/s1. The second kappa shape index (κ2) is 5.89. The fourth-order valence-corrected chi connectivity index (χ4v) is 4.22. The van der Waals surface area contributed by atoms with Gasteiger partial charge in [0.25, 0.3) is 0 Å². The average Bonchev–Trinajstić information content (AvgIpc) is 3.10. The minimum absolute atomic E-state index is 0.0885. The molecule has 2 aliphatic rings. The number of nitrogens with one attached hydrogen (secondary N) is 1. The summed E-state index contributed by atoms with van der Waals surface area (Å²) in [4.78, 5) is 12.3. The highest BCUT2D eigenvalue weighted by atomic mass is 32.2. The van der Waals surface area contributed by atoms with Gasteiger partial charge in [-0.25, -0.2) is 8.42 Å². The molecule has 7 heteroatoms. The van der Waals surface area contributed by atoms with Crippen LogP contribution in [0.25, 0.3) is 0 Å². The molecule has 1 fully saturated rings. The van der Waals surface area contributed by atoms with Crippen molar-refractivity contribution in [2.24, 2.45) is 0 Å². The van der Waals surface area contributed by atoms with E-state index >= 15 is 0 Å². The first-order chi connectivity index (χ1) is 10.4. The normalized spacial score (nSPS) is 24.8. The Morgan fingerprint density at radius 3 is 2.91 bits per heavy atom. The van der Waals surface area contributed by atoms with Crippen molar-refractivity contribution in [2.75, 3.05) is 19.3 Å². The van der Waals surface area contributed by atoms with Crippen molar-refractivity contribution < 1.29 is 17.9 Å². The fourth-order valence-electron chi connectivity index (χ4n) is 3.10. The summed E-state index contributed by atoms with van der Waals surface area (Å²) in [5, 5.41) is 2.83. The quantitative estimate of drug-likeness (QED) is 0.877. The third-order valence-corrected chi connectivity index (χ3v) is 5.44. The summed E-state index contributed by atoms with van der Waals surface area (Å²) in [7, 11) is -3.34. The maximum Gasteiger partial charge on any atom is 0.238 e. The van der Waals surface area contributed by atoms with Gasteiger partial charge in [0.1, 0.15) is 17.9 Å². The molecule has 0 saturated carbocycles. The molecular weight excluding hydrogens is 304 g/mol. The number of hydrogen-bond acceptors (Lipinski definition) is 4. The zero-order valence-corrected chi connectivity index (χ0v) is 13.3. The van der Waals surface area contributed by atoms with Gasteiger partial charge in [-0.05, 0) is 24.5 Å². The van der Waals surface area contributed by atoms with Crippen molar-refractivity contribution in [3.63, 3.8) is 0 Å². The topological polar surface area (TPSA) is 75.7 Å². The molecule has 3 rings (SSSR count). The summed E-state index contributed by atoms with van der Waals surface area (Å²) in [5.41, 5.74) is 1.14.